The Labute approximate surface area is 223 Å². The van der Waals surface area contributed by atoms with Gasteiger partial charge in [0.05, 0.1) is 18.4 Å². The Kier molecular flexibility index (Phi) is 7.61. The van der Waals surface area contributed by atoms with Crippen molar-refractivity contribution in [2.75, 3.05) is 43.5 Å². The van der Waals surface area contributed by atoms with Gasteiger partial charge in [0, 0.05) is 17.3 Å². The van der Waals surface area contributed by atoms with E-state index in [1.807, 2.05) is 26.0 Å². The van der Waals surface area contributed by atoms with Crippen LogP contribution in [0.15, 0.2) is 49.2 Å². The van der Waals surface area contributed by atoms with Gasteiger partial charge in [-0.3, -0.25) is 0 Å². The molecule has 8 heteroatoms. The Morgan fingerprint density at radius 1 is 1.13 bits per heavy atom. The van der Waals surface area contributed by atoms with Crippen LogP contribution in [0.3, 0.4) is 0 Å². The van der Waals surface area contributed by atoms with Gasteiger partial charge in [-0.15, -0.1) is 6.58 Å². The summed E-state index contributed by atoms with van der Waals surface area (Å²) < 4.78 is 35.5. The fourth-order valence-electron chi connectivity index (χ4n) is 5.47. The van der Waals surface area contributed by atoms with Crippen molar-refractivity contribution in [2.24, 2.45) is 0 Å². The molecule has 2 aliphatic rings. The van der Waals surface area contributed by atoms with Crippen molar-refractivity contribution >= 4 is 17.3 Å². The summed E-state index contributed by atoms with van der Waals surface area (Å²) in [6.45, 7) is 11.2. The Morgan fingerprint density at radius 2 is 1.92 bits per heavy atom. The fraction of sp³-hybridized carbons (Fsp3) is 0.400. The zero-order valence-corrected chi connectivity index (χ0v) is 22.3. The lowest BCUT2D eigenvalue weighted by Crippen LogP contribution is -2.38. The van der Waals surface area contributed by atoms with E-state index in [2.05, 4.69) is 50.8 Å². The quantitative estimate of drug-likeness (QED) is 0.369. The van der Waals surface area contributed by atoms with Crippen LogP contribution in [0, 0.1) is 11.6 Å². The first-order valence-corrected chi connectivity index (χ1v) is 13.3. The maximum atomic E-state index is 15.0. The maximum Gasteiger partial charge on any atom is 0.227 e. The highest BCUT2D eigenvalue weighted by Gasteiger charge is 2.26. The van der Waals surface area contributed by atoms with E-state index < -0.39 is 11.6 Å². The number of fused-ring (bicyclic) bond motifs is 1. The van der Waals surface area contributed by atoms with Crippen LogP contribution < -0.4 is 15.0 Å². The zero-order valence-electron chi connectivity index (χ0n) is 22.3. The number of hydrogen-bond acceptors (Lipinski definition) is 6. The summed E-state index contributed by atoms with van der Waals surface area (Å²) in [6.07, 6.45) is 6.06. The number of likely N-dealkylation sites (tertiary alicyclic amines) is 1. The third-order valence-corrected chi connectivity index (χ3v) is 7.47. The summed E-state index contributed by atoms with van der Waals surface area (Å²) in [5.41, 5.74) is 4.36. The van der Waals surface area contributed by atoms with Crippen molar-refractivity contribution in [1.82, 2.24) is 14.9 Å². The number of benzene rings is 2. The zero-order chi connectivity index (χ0) is 26.8. The van der Waals surface area contributed by atoms with Crippen LogP contribution in [-0.4, -0.2) is 54.2 Å². The molecular formula is C30H35F2N5O. The molecule has 1 fully saturated rings. The van der Waals surface area contributed by atoms with Gasteiger partial charge in [0.2, 0.25) is 5.95 Å². The molecule has 2 aromatic carbocycles. The Balaban J connectivity index is 1.44. The van der Waals surface area contributed by atoms with E-state index in [1.165, 1.54) is 17.2 Å². The standard InChI is InChI=1S/C30H35F2N5O/c1-5-6-21-15-23(7-8-24(21)20-9-11-36(4)12-10-20)34-30-33-18-26(32)28(35-30)22-16-25(31)29-27(17-22)37(19(2)3)13-14-38-29/h5,7-8,15-20H,1,6,9-14H2,2-4H3,(H,33,34,35). The Hall–Kier alpha value is -3.52. The number of allylic oxidation sites excluding steroid dienone is 1. The lowest BCUT2D eigenvalue weighted by molar-refractivity contribution is 0.255. The Bertz CT molecular complexity index is 1320. The van der Waals surface area contributed by atoms with Gasteiger partial charge >= 0.3 is 0 Å². The van der Waals surface area contributed by atoms with Crippen LogP contribution in [0.25, 0.3) is 11.3 Å². The molecule has 3 heterocycles. The average Bonchev–Trinajstić information content (AvgIpc) is 2.90. The molecule has 2 aliphatic heterocycles. The van der Waals surface area contributed by atoms with Crippen LogP contribution in [-0.2, 0) is 6.42 Å². The second-order valence-electron chi connectivity index (χ2n) is 10.4. The van der Waals surface area contributed by atoms with Crippen LogP contribution in [0.2, 0.25) is 0 Å². The number of nitrogens with one attached hydrogen (secondary N) is 1. The van der Waals surface area contributed by atoms with Gasteiger partial charge in [-0.05, 0) is 94.6 Å². The molecule has 0 spiro atoms. The summed E-state index contributed by atoms with van der Waals surface area (Å²) >= 11 is 0. The molecule has 0 saturated carbocycles. The maximum absolute atomic E-state index is 15.0. The van der Waals surface area contributed by atoms with E-state index in [0.29, 0.717) is 30.3 Å². The predicted octanol–water partition coefficient (Wildman–Crippen LogP) is 6.31. The first-order valence-electron chi connectivity index (χ1n) is 13.3. The third-order valence-electron chi connectivity index (χ3n) is 7.47. The van der Waals surface area contributed by atoms with E-state index >= 15 is 4.39 Å². The van der Waals surface area contributed by atoms with Gasteiger partial charge in [-0.25, -0.2) is 18.7 Å². The van der Waals surface area contributed by atoms with Crippen molar-refractivity contribution in [3.63, 3.8) is 0 Å². The molecular weight excluding hydrogens is 484 g/mol. The van der Waals surface area contributed by atoms with E-state index in [0.717, 1.165) is 44.2 Å². The van der Waals surface area contributed by atoms with Crippen LogP contribution in [0.4, 0.5) is 26.1 Å². The largest absolute Gasteiger partial charge is 0.486 e. The van der Waals surface area contributed by atoms with E-state index in [1.54, 1.807) is 6.07 Å². The second-order valence-corrected chi connectivity index (χ2v) is 10.4. The topological polar surface area (TPSA) is 53.5 Å². The van der Waals surface area contributed by atoms with Crippen molar-refractivity contribution in [3.8, 4) is 17.0 Å². The molecule has 1 aromatic heterocycles. The molecule has 3 aromatic rings. The molecule has 0 amide bonds. The molecule has 0 unspecified atom stereocenters. The molecule has 200 valence electrons. The van der Waals surface area contributed by atoms with Gasteiger partial charge in [-0.2, -0.15) is 0 Å². The van der Waals surface area contributed by atoms with Gasteiger partial charge in [0.1, 0.15) is 12.3 Å². The third kappa shape index (κ3) is 5.36. The molecule has 1 saturated heterocycles. The van der Waals surface area contributed by atoms with E-state index in [4.69, 9.17) is 4.74 Å². The number of halogens is 2. The van der Waals surface area contributed by atoms with E-state index in [9.17, 15) is 4.39 Å². The number of nitrogens with zero attached hydrogens (tertiary/aromatic N) is 4. The minimum Gasteiger partial charge on any atom is -0.486 e. The molecule has 6 nitrogen and oxygen atoms in total. The number of ether oxygens (including phenoxy) is 1. The number of piperidine rings is 1. The van der Waals surface area contributed by atoms with Crippen LogP contribution in [0.1, 0.15) is 43.7 Å². The molecule has 0 atom stereocenters. The van der Waals surface area contributed by atoms with Crippen molar-refractivity contribution in [3.05, 3.63) is 71.9 Å². The summed E-state index contributed by atoms with van der Waals surface area (Å²) in [7, 11) is 2.16. The summed E-state index contributed by atoms with van der Waals surface area (Å²) in [5.74, 6) is -0.187. The van der Waals surface area contributed by atoms with Crippen molar-refractivity contribution in [1.29, 1.82) is 0 Å². The Morgan fingerprint density at radius 3 is 2.66 bits per heavy atom. The van der Waals surface area contributed by atoms with E-state index in [-0.39, 0.29) is 23.4 Å². The van der Waals surface area contributed by atoms with Crippen molar-refractivity contribution in [2.45, 2.75) is 45.1 Å². The SMILES string of the molecule is C=CCc1cc(Nc2ncc(F)c(-c3cc(F)c4c(c3)N(C(C)C)CCO4)n2)ccc1C1CCN(C)CC1. The monoisotopic (exact) mass is 519 g/mol. The van der Waals surface area contributed by atoms with Gasteiger partial charge in [0.25, 0.3) is 0 Å². The minimum atomic E-state index is -0.618. The molecule has 38 heavy (non-hydrogen) atoms. The number of hydrogen-bond donors (Lipinski definition) is 1. The highest BCUT2D eigenvalue weighted by molar-refractivity contribution is 5.73. The molecule has 1 N–H and O–H groups in total. The minimum absolute atomic E-state index is 0.0349. The normalized spacial score (nSPS) is 16.3. The molecule has 0 radical (unpaired) electrons. The van der Waals surface area contributed by atoms with Crippen molar-refractivity contribution < 1.29 is 13.5 Å². The number of rotatable bonds is 7. The molecule has 0 bridgehead atoms. The molecule has 0 aliphatic carbocycles. The highest BCUT2D eigenvalue weighted by atomic mass is 19.1. The first kappa shape index (κ1) is 26.1. The summed E-state index contributed by atoms with van der Waals surface area (Å²) in [6, 6.07) is 9.44. The first-order chi connectivity index (χ1) is 18.3. The average molecular weight is 520 g/mol. The highest BCUT2D eigenvalue weighted by Crippen LogP contribution is 2.39. The second kappa shape index (κ2) is 11.1. The molecule has 5 rings (SSSR count). The van der Waals surface area contributed by atoms with Gasteiger partial charge in [-0.1, -0.05) is 12.1 Å². The summed E-state index contributed by atoms with van der Waals surface area (Å²) in [4.78, 5) is 13.0. The fourth-order valence-corrected chi connectivity index (χ4v) is 5.47. The smallest absolute Gasteiger partial charge is 0.227 e. The van der Waals surface area contributed by atoms with Gasteiger partial charge < -0.3 is 19.9 Å². The van der Waals surface area contributed by atoms with Crippen LogP contribution >= 0.6 is 0 Å². The number of aromatic nitrogens is 2. The van der Waals surface area contributed by atoms with Crippen LogP contribution in [0.5, 0.6) is 5.75 Å². The lowest BCUT2D eigenvalue weighted by Gasteiger charge is -2.34. The predicted molar refractivity (Wildman–Crippen MR) is 148 cm³/mol. The lowest BCUT2D eigenvalue weighted by atomic mass is 9.85. The summed E-state index contributed by atoms with van der Waals surface area (Å²) in [5, 5.41) is 3.22. The van der Waals surface area contributed by atoms with Gasteiger partial charge in [0.15, 0.2) is 17.4 Å². The number of anilines is 3.